The maximum atomic E-state index is 14.0. The smallest absolute Gasteiger partial charge is 0.245 e. The number of carbonyl (C=O) groups is 1. The first kappa shape index (κ1) is 21.9. The molecule has 0 saturated carbocycles. The molecule has 0 unspecified atom stereocenters. The number of nitrogens with one attached hydrogen (secondary N) is 1. The van der Waals surface area contributed by atoms with Gasteiger partial charge in [-0.2, -0.15) is 4.31 Å². The highest BCUT2D eigenvalue weighted by molar-refractivity contribution is 7.89. The first-order valence-electron chi connectivity index (χ1n) is 11.2. The van der Waals surface area contributed by atoms with Crippen LogP contribution in [-0.2, 0) is 14.8 Å². The van der Waals surface area contributed by atoms with Crippen molar-refractivity contribution >= 4 is 32.4 Å². The predicted molar refractivity (Wildman–Crippen MR) is 125 cm³/mol. The summed E-state index contributed by atoms with van der Waals surface area (Å²) in [6.45, 7) is 1.65. The van der Waals surface area contributed by atoms with Crippen molar-refractivity contribution in [1.29, 1.82) is 0 Å². The summed E-state index contributed by atoms with van der Waals surface area (Å²) < 4.78 is 40.9. The molecule has 2 aliphatic rings. The number of halogens is 1. The number of aromatic amines is 1. The SMILES string of the molecule is O=C(C1CCN(S(=O)(=O)c2ccccc2F)CC1)N1CC=C(c2c[nH]c3ccccc23)CC1. The van der Waals surface area contributed by atoms with Crippen LogP contribution in [0.2, 0.25) is 0 Å². The number of sulfonamides is 1. The minimum Gasteiger partial charge on any atom is -0.361 e. The molecule has 33 heavy (non-hydrogen) atoms. The number of aromatic nitrogens is 1. The van der Waals surface area contributed by atoms with Crippen molar-refractivity contribution in [2.24, 2.45) is 5.92 Å². The summed E-state index contributed by atoms with van der Waals surface area (Å²) in [6.07, 6.45) is 5.83. The van der Waals surface area contributed by atoms with E-state index >= 15 is 0 Å². The third kappa shape index (κ3) is 4.09. The summed E-state index contributed by atoms with van der Waals surface area (Å²) >= 11 is 0. The lowest BCUT2D eigenvalue weighted by atomic mass is 9.94. The molecule has 1 amide bonds. The van der Waals surface area contributed by atoms with E-state index in [0.717, 1.165) is 18.0 Å². The highest BCUT2D eigenvalue weighted by Gasteiger charge is 2.35. The van der Waals surface area contributed by atoms with Crippen LogP contribution in [0.3, 0.4) is 0 Å². The van der Waals surface area contributed by atoms with Gasteiger partial charge in [-0.05, 0) is 43.0 Å². The van der Waals surface area contributed by atoms with E-state index in [9.17, 15) is 17.6 Å². The highest BCUT2D eigenvalue weighted by atomic mass is 32.2. The Morgan fingerprint density at radius 1 is 1.00 bits per heavy atom. The van der Waals surface area contributed by atoms with Crippen molar-refractivity contribution in [2.75, 3.05) is 26.2 Å². The van der Waals surface area contributed by atoms with Gasteiger partial charge in [-0.15, -0.1) is 0 Å². The maximum absolute atomic E-state index is 14.0. The number of H-pyrrole nitrogens is 1. The molecule has 3 aromatic rings. The Hall–Kier alpha value is -2.97. The quantitative estimate of drug-likeness (QED) is 0.630. The number of amides is 1. The average molecular weight is 468 g/mol. The van der Waals surface area contributed by atoms with Crippen LogP contribution in [0.1, 0.15) is 24.8 Å². The number of nitrogens with zero attached hydrogens (tertiary/aromatic N) is 2. The number of para-hydroxylation sites is 1. The summed E-state index contributed by atoms with van der Waals surface area (Å²) in [4.78, 5) is 18.0. The third-order valence-corrected chi connectivity index (χ3v) is 8.65. The standard InChI is InChI=1S/C25H26FN3O3S/c26-22-6-2-4-8-24(22)33(31,32)29-15-11-19(12-16-29)25(30)28-13-9-18(10-14-28)21-17-27-23-7-3-1-5-20(21)23/h1-9,17,19,27H,10-16H2. The second-order valence-electron chi connectivity index (χ2n) is 8.62. The van der Waals surface area contributed by atoms with E-state index in [1.165, 1.54) is 39.0 Å². The van der Waals surface area contributed by atoms with Crippen LogP contribution in [0.5, 0.6) is 0 Å². The fraction of sp³-hybridized carbons (Fsp3) is 0.320. The Morgan fingerprint density at radius 2 is 1.73 bits per heavy atom. The summed E-state index contributed by atoms with van der Waals surface area (Å²) in [7, 11) is -3.90. The molecule has 1 saturated heterocycles. The zero-order valence-corrected chi connectivity index (χ0v) is 19.0. The van der Waals surface area contributed by atoms with E-state index in [1.54, 1.807) is 0 Å². The van der Waals surface area contributed by atoms with Crippen LogP contribution in [0, 0.1) is 11.7 Å². The number of fused-ring (bicyclic) bond motifs is 1. The average Bonchev–Trinajstić information content (AvgIpc) is 3.28. The molecule has 2 aliphatic heterocycles. The lowest BCUT2D eigenvalue weighted by Crippen LogP contribution is -2.45. The lowest BCUT2D eigenvalue weighted by Gasteiger charge is -2.34. The molecule has 0 bridgehead atoms. The molecule has 0 radical (unpaired) electrons. The van der Waals surface area contributed by atoms with Crippen LogP contribution < -0.4 is 0 Å². The number of carbonyl (C=O) groups excluding carboxylic acids is 1. The number of benzene rings is 2. The molecule has 2 aromatic carbocycles. The Kier molecular flexibility index (Phi) is 5.80. The second-order valence-corrected chi connectivity index (χ2v) is 10.5. The van der Waals surface area contributed by atoms with Crippen LogP contribution in [0.25, 0.3) is 16.5 Å². The van der Waals surface area contributed by atoms with Crippen molar-refractivity contribution in [2.45, 2.75) is 24.2 Å². The molecular weight excluding hydrogens is 441 g/mol. The van der Waals surface area contributed by atoms with E-state index in [4.69, 9.17) is 0 Å². The van der Waals surface area contributed by atoms with Gasteiger partial charge in [-0.25, -0.2) is 12.8 Å². The number of hydrogen-bond donors (Lipinski definition) is 1. The molecule has 1 aromatic heterocycles. The Labute approximate surface area is 192 Å². The number of piperidine rings is 1. The molecule has 3 heterocycles. The van der Waals surface area contributed by atoms with Gasteiger partial charge in [-0.1, -0.05) is 36.4 Å². The third-order valence-electron chi connectivity index (χ3n) is 6.71. The Balaban J connectivity index is 1.22. The van der Waals surface area contributed by atoms with Crippen LogP contribution in [0.15, 0.2) is 65.7 Å². The first-order chi connectivity index (χ1) is 15.9. The van der Waals surface area contributed by atoms with Crippen molar-refractivity contribution in [1.82, 2.24) is 14.2 Å². The van der Waals surface area contributed by atoms with Gasteiger partial charge in [-0.3, -0.25) is 4.79 Å². The summed E-state index contributed by atoms with van der Waals surface area (Å²) in [5, 5.41) is 1.19. The first-order valence-corrected chi connectivity index (χ1v) is 12.7. The maximum Gasteiger partial charge on any atom is 0.245 e. The molecule has 0 atom stereocenters. The van der Waals surface area contributed by atoms with Gasteiger partial charge >= 0.3 is 0 Å². The largest absolute Gasteiger partial charge is 0.361 e. The van der Waals surface area contributed by atoms with Crippen LogP contribution in [-0.4, -0.2) is 54.7 Å². The fourth-order valence-corrected chi connectivity index (χ4v) is 6.38. The van der Waals surface area contributed by atoms with Gasteiger partial charge in [0.15, 0.2) is 0 Å². The van der Waals surface area contributed by atoms with E-state index < -0.39 is 15.8 Å². The monoisotopic (exact) mass is 467 g/mol. The molecule has 0 spiro atoms. The topological polar surface area (TPSA) is 73.5 Å². The minimum atomic E-state index is -3.90. The second kappa shape index (κ2) is 8.76. The zero-order valence-electron chi connectivity index (χ0n) is 18.2. The normalized spacial score (nSPS) is 18.5. The lowest BCUT2D eigenvalue weighted by molar-refractivity contribution is -0.136. The number of hydrogen-bond acceptors (Lipinski definition) is 3. The predicted octanol–water partition coefficient (Wildman–Crippen LogP) is 4.02. The van der Waals surface area contributed by atoms with Gasteiger partial charge in [0, 0.05) is 54.8 Å². The van der Waals surface area contributed by atoms with Crippen molar-refractivity contribution in [3.8, 4) is 0 Å². The van der Waals surface area contributed by atoms with E-state index in [2.05, 4.69) is 23.2 Å². The van der Waals surface area contributed by atoms with Crippen molar-refractivity contribution < 1.29 is 17.6 Å². The summed E-state index contributed by atoms with van der Waals surface area (Å²) in [6, 6.07) is 13.6. The van der Waals surface area contributed by atoms with Crippen LogP contribution in [0.4, 0.5) is 4.39 Å². The van der Waals surface area contributed by atoms with Gasteiger partial charge in [0.2, 0.25) is 15.9 Å². The molecule has 1 N–H and O–H groups in total. The van der Waals surface area contributed by atoms with E-state index in [1.807, 2.05) is 23.2 Å². The van der Waals surface area contributed by atoms with E-state index in [-0.39, 0.29) is 29.8 Å². The van der Waals surface area contributed by atoms with Gasteiger partial charge < -0.3 is 9.88 Å². The molecule has 0 aliphatic carbocycles. The van der Waals surface area contributed by atoms with Gasteiger partial charge in [0.05, 0.1) is 0 Å². The summed E-state index contributed by atoms with van der Waals surface area (Å²) in [5.41, 5.74) is 3.52. The van der Waals surface area contributed by atoms with Crippen molar-refractivity contribution in [3.63, 3.8) is 0 Å². The van der Waals surface area contributed by atoms with Gasteiger partial charge in [0.25, 0.3) is 0 Å². The molecular formula is C25H26FN3O3S. The Morgan fingerprint density at radius 3 is 2.45 bits per heavy atom. The minimum absolute atomic E-state index is 0.0761. The molecule has 1 fully saturated rings. The fourth-order valence-electron chi connectivity index (χ4n) is 4.85. The van der Waals surface area contributed by atoms with Gasteiger partial charge in [0.1, 0.15) is 10.7 Å². The Bertz CT molecular complexity index is 1320. The number of rotatable bonds is 4. The summed E-state index contributed by atoms with van der Waals surface area (Å²) in [5.74, 6) is -0.880. The highest BCUT2D eigenvalue weighted by Crippen LogP contribution is 2.31. The molecule has 172 valence electrons. The zero-order chi connectivity index (χ0) is 23.0. The van der Waals surface area contributed by atoms with Crippen molar-refractivity contribution in [3.05, 3.63) is 72.2 Å². The molecule has 8 heteroatoms. The molecule has 5 rings (SSSR count). The van der Waals surface area contributed by atoms with Crippen LogP contribution >= 0.6 is 0 Å². The van der Waals surface area contributed by atoms with E-state index in [0.29, 0.717) is 25.9 Å². The molecule has 6 nitrogen and oxygen atoms in total.